The Balaban J connectivity index is 1.35. The average Bonchev–Trinajstić information content (AvgIpc) is 3.54. The molecular weight excluding hydrogens is 571 g/mol. The molecule has 0 unspecified atom stereocenters. The van der Waals surface area contributed by atoms with E-state index in [1.54, 1.807) is 19.1 Å². The van der Waals surface area contributed by atoms with Crippen molar-refractivity contribution in [3.63, 3.8) is 0 Å². The number of piperidine rings is 1. The molecule has 2 saturated heterocycles. The van der Waals surface area contributed by atoms with E-state index in [9.17, 15) is 27.9 Å². The van der Waals surface area contributed by atoms with Crippen molar-refractivity contribution in [1.82, 2.24) is 19.9 Å². The molecule has 9 nitrogen and oxygen atoms in total. The van der Waals surface area contributed by atoms with Crippen LogP contribution in [0.1, 0.15) is 58.5 Å². The summed E-state index contributed by atoms with van der Waals surface area (Å²) in [6, 6.07) is 5.02. The number of nitrogens with zero attached hydrogens (tertiary/aromatic N) is 5. The number of anilines is 1. The number of halogens is 3. The van der Waals surface area contributed by atoms with Crippen LogP contribution in [-0.4, -0.2) is 68.7 Å². The maximum Gasteiger partial charge on any atom is 0.573 e. The third kappa shape index (κ3) is 7.06. The maximum atomic E-state index is 13.2. The van der Waals surface area contributed by atoms with Gasteiger partial charge in [-0.3, -0.25) is 14.5 Å². The molecule has 0 radical (unpaired) electrons. The van der Waals surface area contributed by atoms with Gasteiger partial charge in [0.05, 0.1) is 30.4 Å². The van der Waals surface area contributed by atoms with Gasteiger partial charge in [-0.15, -0.1) is 24.5 Å². The zero-order valence-electron chi connectivity index (χ0n) is 23.4. The predicted molar refractivity (Wildman–Crippen MR) is 151 cm³/mol. The molecule has 1 atom stereocenters. The molecule has 3 aromatic rings. The fourth-order valence-corrected chi connectivity index (χ4v) is 6.53. The summed E-state index contributed by atoms with van der Waals surface area (Å²) in [5.41, 5.74) is 1.57. The van der Waals surface area contributed by atoms with E-state index in [0.717, 1.165) is 24.3 Å². The number of hydrogen-bond donors (Lipinski definition) is 1. The van der Waals surface area contributed by atoms with Crippen molar-refractivity contribution in [3.05, 3.63) is 51.7 Å². The Kier molecular flexibility index (Phi) is 8.78. The lowest BCUT2D eigenvalue weighted by atomic mass is 9.97. The summed E-state index contributed by atoms with van der Waals surface area (Å²) in [5.74, 6) is -1.12. The van der Waals surface area contributed by atoms with Gasteiger partial charge >= 0.3 is 12.3 Å². The first-order valence-electron chi connectivity index (χ1n) is 13.9. The highest BCUT2D eigenvalue weighted by atomic mass is 32.1. The van der Waals surface area contributed by atoms with Crippen LogP contribution in [0.4, 0.5) is 19.0 Å². The number of carbonyl (C=O) groups excluding carboxylic acids is 1. The fourth-order valence-electron chi connectivity index (χ4n) is 5.41. The van der Waals surface area contributed by atoms with Crippen LogP contribution in [0.3, 0.4) is 0 Å². The fraction of sp³-hybridized carbons (Fsp3) is 0.483. The smallest absolute Gasteiger partial charge is 0.481 e. The predicted octanol–water partition coefficient (Wildman–Crippen LogP) is 5.52. The molecule has 0 amide bonds. The summed E-state index contributed by atoms with van der Waals surface area (Å²) >= 11 is 1.38. The number of aromatic nitrogens is 3. The number of aryl methyl sites for hydroxylation is 1. The highest BCUT2D eigenvalue weighted by molar-refractivity contribution is 7.12. The molecule has 0 saturated carbocycles. The number of ketones is 1. The van der Waals surface area contributed by atoms with E-state index in [2.05, 4.69) is 26.5 Å². The molecule has 2 aliphatic rings. The Morgan fingerprint density at radius 3 is 2.50 bits per heavy atom. The van der Waals surface area contributed by atoms with E-state index in [1.807, 2.05) is 4.90 Å². The largest absolute Gasteiger partial charge is 0.573 e. The first-order valence-corrected chi connectivity index (χ1v) is 14.7. The molecule has 2 aromatic heterocycles. The van der Waals surface area contributed by atoms with Crippen LogP contribution in [0.2, 0.25) is 0 Å². The Bertz CT molecular complexity index is 1440. The van der Waals surface area contributed by atoms with E-state index in [4.69, 9.17) is 4.98 Å². The minimum absolute atomic E-state index is 0.0248. The quantitative estimate of drug-likeness (QED) is 0.317. The molecule has 2 aliphatic heterocycles. The second kappa shape index (κ2) is 12.3. The SMILES string of the molecule is Cc1ccc(-c2nc(CC(=O)c3cnc(N4CCC(C(=O)O)CC4)cn3)sc2CN2CCC[C@H]2C)cc1OC(F)(F)F. The number of hydrogen-bond acceptors (Lipinski definition) is 9. The number of alkyl halides is 3. The van der Waals surface area contributed by atoms with Crippen LogP contribution >= 0.6 is 11.3 Å². The molecule has 42 heavy (non-hydrogen) atoms. The van der Waals surface area contributed by atoms with Crippen molar-refractivity contribution < 1.29 is 32.6 Å². The van der Waals surface area contributed by atoms with Crippen molar-refractivity contribution in [2.75, 3.05) is 24.5 Å². The Hall–Kier alpha value is -3.58. The minimum atomic E-state index is -4.82. The number of carboxylic acids is 1. The van der Waals surface area contributed by atoms with Crippen molar-refractivity contribution in [2.24, 2.45) is 5.92 Å². The van der Waals surface area contributed by atoms with Gasteiger partial charge in [-0.1, -0.05) is 12.1 Å². The lowest BCUT2D eigenvalue weighted by molar-refractivity contribution is -0.274. The van der Waals surface area contributed by atoms with Gasteiger partial charge < -0.3 is 14.7 Å². The maximum absolute atomic E-state index is 13.2. The third-order valence-electron chi connectivity index (χ3n) is 7.87. The van der Waals surface area contributed by atoms with Crippen LogP contribution in [0.5, 0.6) is 5.75 Å². The van der Waals surface area contributed by atoms with E-state index in [0.29, 0.717) is 66.2 Å². The summed E-state index contributed by atoms with van der Waals surface area (Å²) < 4.78 is 43.3. The number of benzene rings is 1. The van der Waals surface area contributed by atoms with Crippen LogP contribution in [0.15, 0.2) is 30.6 Å². The number of thiazole rings is 1. The number of Topliss-reactive ketones (excluding diaryl/α,β-unsaturated/α-hetero) is 1. The molecule has 224 valence electrons. The van der Waals surface area contributed by atoms with E-state index >= 15 is 0 Å². The second-order valence-corrected chi connectivity index (χ2v) is 12.0. The molecule has 0 bridgehead atoms. The number of ether oxygens (including phenoxy) is 1. The lowest BCUT2D eigenvalue weighted by Gasteiger charge is -2.30. The van der Waals surface area contributed by atoms with Gasteiger partial charge in [0.1, 0.15) is 22.3 Å². The van der Waals surface area contributed by atoms with Gasteiger partial charge in [0.2, 0.25) is 0 Å². The van der Waals surface area contributed by atoms with Gasteiger partial charge in [0.15, 0.2) is 5.78 Å². The topological polar surface area (TPSA) is 109 Å². The number of likely N-dealkylation sites (tertiary alicyclic amines) is 1. The van der Waals surface area contributed by atoms with E-state index in [-0.39, 0.29) is 29.6 Å². The van der Waals surface area contributed by atoms with Gasteiger partial charge in [-0.05, 0) is 57.7 Å². The van der Waals surface area contributed by atoms with Crippen molar-refractivity contribution in [3.8, 4) is 17.0 Å². The number of aliphatic carboxylic acids is 1. The monoisotopic (exact) mass is 603 g/mol. The van der Waals surface area contributed by atoms with Gasteiger partial charge in [-0.25, -0.2) is 15.0 Å². The molecule has 4 heterocycles. The summed E-state index contributed by atoms with van der Waals surface area (Å²) in [6.45, 7) is 6.29. The highest BCUT2D eigenvalue weighted by Gasteiger charge is 2.32. The number of rotatable bonds is 9. The molecule has 0 aliphatic carbocycles. The average molecular weight is 604 g/mol. The van der Waals surface area contributed by atoms with Gasteiger partial charge in [-0.2, -0.15) is 0 Å². The zero-order valence-corrected chi connectivity index (χ0v) is 24.2. The second-order valence-electron chi connectivity index (χ2n) is 10.8. The van der Waals surface area contributed by atoms with Gasteiger partial charge in [0, 0.05) is 36.1 Å². The first kappa shape index (κ1) is 29.9. The molecule has 13 heteroatoms. The number of carbonyl (C=O) groups is 2. The minimum Gasteiger partial charge on any atom is -0.481 e. The zero-order chi connectivity index (χ0) is 30.0. The number of carboxylic acid groups (broad SMARTS) is 1. The molecule has 1 N–H and O–H groups in total. The van der Waals surface area contributed by atoms with Crippen molar-refractivity contribution in [1.29, 1.82) is 0 Å². The molecule has 0 spiro atoms. The van der Waals surface area contributed by atoms with Crippen LogP contribution in [-0.2, 0) is 17.8 Å². The normalized spacial score (nSPS) is 18.4. The lowest BCUT2D eigenvalue weighted by Crippen LogP contribution is -2.36. The molecule has 5 rings (SSSR count). The molecule has 2 fully saturated rings. The van der Waals surface area contributed by atoms with Gasteiger partial charge in [0.25, 0.3) is 0 Å². The molecular formula is C29H32F3N5O4S. The summed E-state index contributed by atoms with van der Waals surface area (Å²) in [5, 5.41) is 9.75. The van der Waals surface area contributed by atoms with Crippen LogP contribution in [0.25, 0.3) is 11.3 Å². The Morgan fingerprint density at radius 2 is 1.88 bits per heavy atom. The standard InChI is InChI=1S/C29H32F3N5O4S/c1-17-5-6-20(12-23(17)41-29(30,31)32)27-24(16-37-9-3-4-18(37)2)42-26(35-27)13-22(38)21-14-34-25(15-33-21)36-10-7-19(8-11-36)28(39)40/h5-6,12,14-15,18-19H,3-4,7-11,13,16H2,1-2H3,(H,39,40)/t18-/m1/s1. The summed E-state index contributed by atoms with van der Waals surface area (Å²) in [7, 11) is 0. The Labute approximate surface area is 245 Å². The van der Waals surface area contributed by atoms with E-state index in [1.165, 1.54) is 29.8 Å². The van der Waals surface area contributed by atoms with E-state index < -0.39 is 12.3 Å². The molecule has 1 aromatic carbocycles. The van der Waals surface area contributed by atoms with Crippen molar-refractivity contribution >= 4 is 28.9 Å². The Morgan fingerprint density at radius 1 is 1.12 bits per heavy atom. The van der Waals surface area contributed by atoms with Crippen LogP contribution < -0.4 is 9.64 Å². The summed E-state index contributed by atoms with van der Waals surface area (Å²) in [6.07, 6.45) is 1.28. The third-order valence-corrected chi connectivity index (χ3v) is 8.91. The summed E-state index contributed by atoms with van der Waals surface area (Å²) in [4.78, 5) is 42.9. The van der Waals surface area contributed by atoms with Crippen molar-refractivity contribution in [2.45, 2.75) is 64.9 Å². The first-order chi connectivity index (χ1) is 20.0. The highest BCUT2D eigenvalue weighted by Crippen LogP contribution is 2.36. The van der Waals surface area contributed by atoms with Crippen LogP contribution in [0, 0.1) is 12.8 Å².